The van der Waals surface area contributed by atoms with Crippen LogP contribution in [0, 0.1) is 0 Å². The summed E-state index contributed by atoms with van der Waals surface area (Å²) in [6.07, 6.45) is 6.05. The lowest BCUT2D eigenvalue weighted by Gasteiger charge is -2.14. The normalized spacial score (nSPS) is 19.0. The molecule has 1 aromatic rings. The van der Waals surface area contributed by atoms with E-state index in [0.717, 1.165) is 24.1 Å². The second-order valence-electron chi connectivity index (χ2n) is 6.06. The Labute approximate surface area is 135 Å². The number of allylic oxidation sites excluding steroid dienone is 3. The number of pyridine rings is 1. The molecule has 5 heteroatoms. The molecule has 2 atom stereocenters. The van der Waals surface area contributed by atoms with Crippen molar-refractivity contribution < 1.29 is 9.18 Å². The van der Waals surface area contributed by atoms with Gasteiger partial charge in [-0.3, -0.25) is 9.59 Å². The van der Waals surface area contributed by atoms with Crippen LogP contribution in [0.15, 0.2) is 34.9 Å². The molecule has 0 fully saturated rings. The molecule has 0 aliphatic heterocycles. The van der Waals surface area contributed by atoms with Crippen LogP contribution in [-0.2, 0) is 13.5 Å². The average molecular weight is 318 g/mol. The molecule has 0 radical (unpaired) electrons. The van der Waals surface area contributed by atoms with Crippen LogP contribution in [0.4, 0.5) is 4.39 Å². The van der Waals surface area contributed by atoms with Crippen LogP contribution >= 0.6 is 0 Å². The van der Waals surface area contributed by atoms with E-state index in [1.165, 1.54) is 12.2 Å². The Morgan fingerprint density at radius 2 is 2.22 bits per heavy atom. The monoisotopic (exact) mass is 318 g/mol. The molecule has 1 aliphatic carbocycles. The summed E-state index contributed by atoms with van der Waals surface area (Å²) in [5, 5.41) is 2.72. The number of hydrogen-bond acceptors (Lipinski definition) is 2. The van der Waals surface area contributed by atoms with Crippen LogP contribution in [0.3, 0.4) is 0 Å². The van der Waals surface area contributed by atoms with E-state index in [9.17, 15) is 14.0 Å². The van der Waals surface area contributed by atoms with Gasteiger partial charge in [0.05, 0.1) is 0 Å². The van der Waals surface area contributed by atoms with Crippen molar-refractivity contribution in [3.8, 4) is 0 Å². The number of rotatable bonds is 4. The maximum atomic E-state index is 13.1. The molecule has 1 heterocycles. The van der Waals surface area contributed by atoms with Gasteiger partial charge in [0.2, 0.25) is 0 Å². The number of hydrogen-bond donors (Lipinski definition) is 1. The minimum atomic E-state index is -0.425. The van der Waals surface area contributed by atoms with Crippen molar-refractivity contribution in [1.82, 2.24) is 9.88 Å². The molecule has 0 aromatic carbocycles. The number of carbonyl (C=O) groups is 1. The molecule has 124 valence electrons. The molecule has 0 spiro atoms. The lowest BCUT2D eigenvalue weighted by molar-refractivity contribution is 0.0944. The van der Waals surface area contributed by atoms with Crippen LogP contribution in [0.5, 0.6) is 0 Å². The average Bonchev–Trinajstić information content (AvgIpc) is 2.89. The van der Waals surface area contributed by atoms with Crippen LogP contribution < -0.4 is 10.9 Å². The quantitative estimate of drug-likeness (QED) is 0.868. The van der Waals surface area contributed by atoms with Gasteiger partial charge < -0.3 is 9.88 Å². The molecular formula is C18H23FN2O2. The number of halogens is 1. The number of nitrogens with one attached hydrogen (secondary N) is 1. The Morgan fingerprint density at radius 3 is 2.87 bits per heavy atom. The van der Waals surface area contributed by atoms with Gasteiger partial charge >= 0.3 is 0 Å². The van der Waals surface area contributed by atoms with Gasteiger partial charge in [0.15, 0.2) is 0 Å². The van der Waals surface area contributed by atoms with E-state index in [2.05, 4.69) is 12.2 Å². The molecule has 1 amide bonds. The summed E-state index contributed by atoms with van der Waals surface area (Å²) in [6, 6.07) is 1.34. The number of amides is 1. The summed E-state index contributed by atoms with van der Waals surface area (Å²) in [5.74, 6) is -0.441. The van der Waals surface area contributed by atoms with E-state index in [0.29, 0.717) is 5.92 Å². The smallest absolute Gasteiger partial charge is 0.263 e. The van der Waals surface area contributed by atoms with Crippen LogP contribution in [-0.4, -0.2) is 16.5 Å². The van der Waals surface area contributed by atoms with Crippen molar-refractivity contribution in [2.75, 3.05) is 0 Å². The van der Waals surface area contributed by atoms with Gasteiger partial charge in [-0.25, -0.2) is 4.39 Å². The fraction of sp³-hybridized carbons (Fsp3) is 0.444. The van der Waals surface area contributed by atoms with Crippen LogP contribution in [0.2, 0.25) is 0 Å². The number of fused-ring (bicyclic) bond motifs is 1. The van der Waals surface area contributed by atoms with E-state index >= 15 is 0 Å². The molecule has 0 bridgehead atoms. The maximum absolute atomic E-state index is 13.1. The predicted molar refractivity (Wildman–Crippen MR) is 89.4 cm³/mol. The Bertz CT molecular complexity index is 731. The number of aromatic nitrogens is 1. The first-order valence-electron chi connectivity index (χ1n) is 7.88. The Balaban J connectivity index is 2.24. The third-order valence-electron chi connectivity index (χ3n) is 4.34. The van der Waals surface area contributed by atoms with Crippen molar-refractivity contribution >= 4 is 5.91 Å². The highest BCUT2D eigenvalue weighted by atomic mass is 19.1. The van der Waals surface area contributed by atoms with Gasteiger partial charge in [0.1, 0.15) is 11.4 Å². The first kappa shape index (κ1) is 17.2. The molecule has 0 saturated carbocycles. The van der Waals surface area contributed by atoms with Crippen molar-refractivity contribution in [1.29, 1.82) is 0 Å². The Kier molecular flexibility index (Phi) is 5.19. The summed E-state index contributed by atoms with van der Waals surface area (Å²) in [5.41, 5.74) is 1.94. The van der Waals surface area contributed by atoms with Crippen LogP contribution in [0.1, 0.15) is 54.7 Å². The van der Waals surface area contributed by atoms with Crippen molar-refractivity contribution in [3.05, 3.63) is 57.3 Å². The summed E-state index contributed by atoms with van der Waals surface area (Å²) >= 11 is 0. The molecule has 2 unspecified atom stereocenters. The first-order chi connectivity index (χ1) is 10.8. The molecule has 2 rings (SSSR count). The molecule has 23 heavy (non-hydrogen) atoms. The van der Waals surface area contributed by atoms with E-state index in [-0.39, 0.29) is 23.0 Å². The van der Waals surface area contributed by atoms with Gasteiger partial charge in [-0.2, -0.15) is 0 Å². The number of carbonyl (C=O) groups excluding carboxylic acids is 1. The minimum Gasteiger partial charge on any atom is -0.346 e. The number of nitrogens with zero attached hydrogens (tertiary/aromatic N) is 1. The zero-order chi connectivity index (χ0) is 17.1. The Hall–Kier alpha value is -2.17. The van der Waals surface area contributed by atoms with Crippen molar-refractivity contribution in [2.24, 2.45) is 7.05 Å². The first-order valence-corrected chi connectivity index (χ1v) is 7.88. The highest BCUT2D eigenvalue weighted by molar-refractivity contribution is 5.94. The predicted octanol–water partition coefficient (Wildman–Crippen LogP) is 2.98. The molecular weight excluding hydrogens is 295 g/mol. The van der Waals surface area contributed by atoms with Crippen molar-refractivity contribution in [3.63, 3.8) is 0 Å². The van der Waals surface area contributed by atoms with E-state index < -0.39 is 5.91 Å². The van der Waals surface area contributed by atoms with E-state index in [4.69, 9.17) is 0 Å². The summed E-state index contributed by atoms with van der Waals surface area (Å²) in [7, 11) is 1.71. The molecule has 1 aromatic heterocycles. The second-order valence-corrected chi connectivity index (χ2v) is 6.06. The zero-order valence-electron chi connectivity index (χ0n) is 14.0. The molecule has 4 nitrogen and oxygen atoms in total. The minimum absolute atomic E-state index is 0.145. The summed E-state index contributed by atoms with van der Waals surface area (Å²) in [6.45, 7) is 5.43. The van der Waals surface area contributed by atoms with E-state index in [1.54, 1.807) is 37.6 Å². The third kappa shape index (κ3) is 3.60. The summed E-state index contributed by atoms with van der Waals surface area (Å²) in [4.78, 5) is 24.8. The highest BCUT2D eigenvalue weighted by Gasteiger charge is 2.25. The van der Waals surface area contributed by atoms with Gasteiger partial charge in [-0.15, -0.1) is 0 Å². The second kappa shape index (κ2) is 6.94. The highest BCUT2D eigenvalue weighted by Crippen LogP contribution is 2.31. The fourth-order valence-corrected chi connectivity index (χ4v) is 2.87. The van der Waals surface area contributed by atoms with Gasteiger partial charge in [-0.05, 0) is 50.3 Å². The largest absolute Gasteiger partial charge is 0.346 e. The lowest BCUT2D eigenvalue weighted by Crippen LogP contribution is -2.37. The standard InChI is InChI=1S/C18H23FN2O2/c1-5-13(19)8-7-12(3)20-17(22)15-10-14-11(2)6-9-16(14)21(4)18(15)23/h5,7-8,10-12H,6,9H2,1-4H3,(H,20,22)/b8-7-,13-5+. The lowest BCUT2D eigenvalue weighted by atomic mass is 10.0. The van der Waals surface area contributed by atoms with Crippen molar-refractivity contribution in [2.45, 2.75) is 45.6 Å². The maximum Gasteiger partial charge on any atom is 0.263 e. The summed E-state index contributed by atoms with van der Waals surface area (Å²) < 4.78 is 14.6. The molecule has 1 N–H and O–H groups in total. The molecule has 0 saturated heterocycles. The Morgan fingerprint density at radius 1 is 1.52 bits per heavy atom. The van der Waals surface area contributed by atoms with Gasteiger partial charge in [0, 0.05) is 18.8 Å². The van der Waals surface area contributed by atoms with Crippen LogP contribution in [0.25, 0.3) is 0 Å². The fourth-order valence-electron chi connectivity index (χ4n) is 2.87. The topological polar surface area (TPSA) is 51.1 Å². The SMILES string of the molecule is C/C=C(F)\C=C/C(C)NC(=O)c1cc2c(n(C)c1=O)CCC2C. The third-order valence-corrected chi connectivity index (χ3v) is 4.34. The van der Waals surface area contributed by atoms with Gasteiger partial charge in [0.25, 0.3) is 11.5 Å². The molecule has 1 aliphatic rings. The van der Waals surface area contributed by atoms with E-state index in [1.807, 2.05) is 0 Å². The zero-order valence-corrected chi connectivity index (χ0v) is 14.0. The van der Waals surface area contributed by atoms with Gasteiger partial charge in [-0.1, -0.05) is 19.1 Å².